The first kappa shape index (κ1) is 16.5. The van der Waals surface area contributed by atoms with Gasteiger partial charge in [-0.1, -0.05) is 48.9 Å². The lowest BCUT2D eigenvalue weighted by Crippen LogP contribution is -2.09. The van der Waals surface area contributed by atoms with E-state index >= 15 is 0 Å². The maximum absolute atomic E-state index is 5.63. The van der Waals surface area contributed by atoms with Crippen molar-refractivity contribution in [3.05, 3.63) is 59.7 Å². The van der Waals surface area contributed by atoms with Crippen molar-refractivity contribution in [1.29, 1.82) is 0 Å². The van der Waals surface area contributed by atoms with Gasteiger partial charge in [0.2, 0.25) is 0 Å². The molecule has 0 aromatic heterocycles. The number of methoxy groups -OCH3 is 2. The van der Waals surface area contributed by atoms with E-state index in [4.69, 9.17) is 9.47 Å². The van der Waals surface area contributed by atoms with Crippen LogP contribution in [0.25, 0.3) is 0 Å². The van der Waals surface area contributed by atoms with Crippen LogP contribution >= 0.6 is 0 Å². The van der Waals surface area contributed by atoms with Crippen molar-refractivity contribution in [2.45, 2.75) is 31.6 Å². The Morgan fingerprint density at radius 3 is 2.38 bits per heavy atom. The highest BCUT2D eigenvalue weighted by Crippen LogP contribution is 2.41. The summed E-state index contributed by atoms with van der Waals surface area (Å²) in [6.45, 7) is 0. The van der Waals surface area contributed by atoms with Gasteiger partial charge in [0.05, 0.1) is 20.1 Å². The predicted octanol–water partition coefficient (Wildman–Crippen LogP) is 5.03. The second-order valence-corrected chi connectivity index (χ2v) is 6.27. The first-order chi connectivity index (χ1) is 11.8. The maximum atomic E-state index is 5.63. The van der Waals surface area contributed by atoms with E-state index in [0.29, 0.717) is 5.92 Å². The molecule has 0 heterocycles. The third-order valence-electron chi connectivity index (χ3n) is 4.79. The molecule has 1 aliphatic carbocycles. The zero-order valence-electron chi connectivity index (χ0n) is 14.4. The van der Waals surface area contributed by atoms with Crippen molar-refractivity contribution in [2.75, 3.05) is 14.2 Å². The van der Waals surface area contributed by atoms with E-state index in [1.807, 2.05) is 30.3 Å². The second-order valence-electron chi connectivity index (χ2n) is 6.27. The lowest BCUT2D eigenvalue weighted by molar-refractivity contribution is 0.384. The Kier molecular flexibility index (Phi) is 5.43. The molecule has 0 bridgehead atoms. The summed E-state index contributed by atoms with van der Waals surface area (Å²) in [7, 11) is 3.40. The van der Waals surface area contributed by atoms with Crippen LogP contribution in [-0.4, -0.2) is 14.2 Å². The van der Waals surface area contributed by atoms with Gasteiger partial charge in [-0.3, -0.25) is 0 Å². The Morgan fingerprint density at radius 1 is 0.958 bits per heavy atom. The zero-order chi connectivity index (χ0) is 16.8. The maximum Gasteiger partial charge on any atom is 0.127 e. The summed E-state index contributed by atoms with van der Waals surface area (Å²) in [6.07, 6.45) is 5.08. The van der Waals surface area contributed by atoms with E-state index in [2.05, 4.69) is 30.0 Å². The molecule has 2 heteroatoms. The molecule has 24 heavy (non-hydrogen) atoms. The van der Waals surface area contributed by atoms with Crippen LogP contribution in [0.3, 0.4) is 0 Å². The van der Waals surface area contributed by atoms with Gasteiger partial charge in [-0.2, -0.15) is 0 Å². The molecule has 0 saturated heterocycles. The molecule has 1 unspecified atom stereocenters. The van der Waals surface area contributed by atoms with Gasteiger partial charge >= 0.3 is 0 Å². The summed E-state index contributed by atoms with van der Waals surface area (Å²) in [5.41, 5.74) is 2.24. The molecule has 2 aromatic rings. The average molecular weight is 320 g/mol. The van der Waals surface area contributed by atoms with Crippen LogP contribution < -0.4 is 9.47 Å². The van der Waals surface area contributed by atoms with Crippen molar-refractivity contribution in [3.8, 4) is 23.3 Å². The molecule has 1 saturated carbocycles. The lowest BCUT2D eigenvalue weighted by atomic mass is 9.84. The summed E-state index contributed by atoms with van der Waals surface area (Å²) in [5, 5.41) is 0. The van der Waals surface area contributed by atoms with Crippen LogP contribution in [0.1, 0.15) is 42.7 Å². The van der Waals surface area contributed by atoms with E-state index in [1.165, 1.54) is 31.2 Å². The summed E-state index contributed by atoms with van der Waals surface area (Å²) in [6, 6.07) is 16.3. The molecule has 0 radical (unpaired) electrons. The number of hydrogen-bond acceptors (Lipinski definition) is 2. The van der Waals surface area contributed by atoms with E-state index in [1.54, 1.807) is 14.2 Å². The fraction of sp³-hybridized carbons (Fsp3) is 0.364. The Labute approximate surface area is 144 Å². The first-order valence-electron chi connectivity index (χ1n) is 8.60. The molecule has 0 N–H and O–H groups in total. The summed E-state index contributed by atoms with van der Waals surface area (Å²) in [4.78, 5) is 0. The van der Waals surface area contributed by atoms with E-state index in [9.17, 15) is 0 Å². The lowest BCUT2D eigenvalue weighted by Gasteiger charge is -2.21. The van der Waals surface area contributed by atoms with Gasteiger partial charge in [0.15, 0.2) is 0 Å². The van der Waals surface area contributed by atoms with Gasteiger partial charge in [-0.05, 0) is 37.0 Å². The third kappa shape index (κ3) is 3.74. The zero-order valence-corrected chi connectivity index (χ0v) is 14.4. The van der Waals surface area contributed by atoms with Gasteiger partial charge in [0.25, 0.3) is 0 Å². The van der Waals surface area contributed by atoms with E-state index < -0.39 is 0 Å². The Hall–Kier alpha value is -2.40. The van der Waals surface area contributed by atoms with Crippen LogP contribution in [0.4, 0.5) is 0 Å². The summed E-state index contributed by atoms with van der Waals surface area (Å²) in [5.74, 6) is 9.39. The molecule has 1 fully saturated rings. The number of rotatable bonds is 4. The van der Waals surface area contributed by atoms with E-state index in [-0.39, 0.29) is 5.92 Å². The number of ether oxygens (including phenoxy) is 2. The first-order valence-corrected chi connectivity index (χ1v) is 8.60. The van der Waals surface area contributed by atoms with Crippen molar-refractivity contribution < 1.29 is 9.47 Å². The molecule has 3 rings (SSSR count). The second kappa shape index (κ2) is 7.93. The average Bonchev–Trinajstić information content (AvgIpc) is 3.17. The third-order valence-corrected chi connectivity index (χ3v) is 4.79. The Balaban J connectivity index is 1.98. The SMILES string of the molecule is COc1ccc(C(C#Cc2ccccc2)C2CCCC2)c(OC)c1. The molecular formula is C22H24O2. The molecular weight excluding hydrogens is 296 g/mol. The minimum atomic E-state index is 0.202. The normalized spacial score (nSPS) is 15.4. The minimum Gasteiger partial charge on any atom is -0.497 e. The molecule has 1 aliphatic rings. The van der Waals surface area contributed by atoms with Crippen molar-refractivity contribution in [3.63, 3.8) is 0 Å². The topological polar surface area (TPSA) is 18.5 Å². The van der Waals surface area contributed by atoms with Gasteiger partial charge in [0, 0.05) is 17.2 Å². The largest absolute Gasteiger partial charge is 0.497 e. The van der Waals surface area contributed by atoms with Crippen LogP contribution in [0.2, 0.25) is 0 Å². The van der Waals surface area contributed by atoms with Crippen molar-refractivity contribution in [1.82, 2.24) is 0 Å². The monoisotopic (exact) mass is 320 g/mol. The van der Waals surface area contributed by atoms with Crippen molar-refractivity contribution >= 4 is 0 Å². The Bertz CT molecular complexity index is 719. The Morgan fingerprint density at radius 2 is 1.71 bits per heavy atom. The molecule has 0 aliphatic heterocycles. The molecule has 2 nitrogen and oxygen atoms in total. The van der Waals surface area contributed by atoms with E-state index in [0.717, 1.165) is 17.1 Å². The number of hydrogen-bond donors (Lipinski definition) is 0. The van der Waals surface area contributed by atoms with Crippen LogP contribution in [0.15, 0.2) is 48.5 Å². The summed E-state index contributed by atoms with van der Waals surface area (Å²) >= 11 is 0. The standard InChI is InChI=1S/C22H24O2/c1-23-19-13-15-21(22(16-19)24-2)20(18-10-6-7-11-18)14-12-17-8-4-3-5-9-17/h3-5,8-9,13,15-16,18,20H,6-7,10-11H2,1-2H3. The molecule has 0 amide bonds. The van der Waals surface area contributed by atoms with Crippen LogP contribution in [0.5, 0.6) is 11.5 Å². The van der Waals surface area contributed by atoms with Gasteiger partial charge in [-0.25, -0.2) is 0 Å². The highest BCUT2D eigenvalue weighted by molar-refractivity contribution is 5.47. The number of benzene rings is 2. The smallest absolute Gasteiger partial charge is 0.127 e. The fourth-order valence-corrected chi connectivity index (χ4v) is 3.50. The van der Waals surface area contributed by atoms with Gasteiger partial charge in [0.1, 0.15) is 11.5 Å². The molecule has 1 atom stereocenters. The molecule has 2 aromatic carbocycles. The minimum absolute atomic E-state index is 0.202. The highest BCUT2D eigenvalue weighted by atomic mass is 16.5. The molecule has 0 spiro atoms. The predicted molar refractivity (Wildman–Crippen MR) is 97.6 cm³/mol. The van der Waals surface area contributed by atoms with Crippen LogP contribution in [-0.2, 0) is 0 Å². The fourth-order valence-electron chi connectivity index (χ4n) is 3.50. The summed E-state index contributed by atoms with van der Waals surface area (Å²) < 4.78 is 11.0. The molecule has 124 valence electrons. The highest BCUT2D eigenvalue weighted by Gasteiger charge is 2.27. The quantitative estimate of drug-likeness (QED) is 0.736. The van der Waals surface area contributed by atoms with Crippen LogP contribution in [0, 0.1) is 17.8 Å². The van der Waals surface area contributed by atoms with Gasteiger partial charge < -0.3 is 9.47 Å². The van der Waals surface area contributed by atoms with Gasteiger partial charge in [-0.15, -0.1) is 0 Å². The van der Waals surface area contributed by atoms with Crippen molar-refractivity contribution in [2.24, 2.45) is 5.92 Å².